The van der Waals surface area contributed by atoms with E-state index in [1.165, 1.54) is 25.3 Å². The molecular formula is C17H20FNO5. The summed E-state index contributed by atoms with van der Waals surface area (Å²) in [6, 6.07) is 3.88. The first-order valence-corrected chi connectivity index (χ1v) is 7.94. The van der Waals surface area contributed by atoms with Gasteiger partial charge in [-0.05, 0) is 43.9 Å². The Hall–Kier alpha value is -2.15. The smallest absolute Gasteiger partial charge is 0.306 e. The molecule has 1 spiro atoms. The second-order valence-corrected chi connectivity index (χ2v) is 6.49. The van der Waals surface area contributed by atoms with Gasteiger partial charge in [-0.15, -0.1) is 0 Å². The third-order valence-electron chi connectivity index (χ3n) is 4.83. The van der Waals surface area contributed by atoms with E-state index in [2.05, 4.69) is 5.32 Å². The van der Waals surface area contributed by atoms with Crippen LogP contribution in [0.15, 0.2) is 18.2 Å². The number of rotatable bonds is 4. The summed E-state index contributed by atoms with van der Waals surface area (Å²) in [5.41, 5.74) is -0.106. The Balaban J connectivity index is 1.61. The number of ether oxygens (including phenoxy) is 2. The lowest BCUT2D eigenvalue weighted by atomic mass is 9.66. The van der Waals surface area contributed by atoms with Crippen LogP contribution in [0.1, 0.15) is 36.0 Å². The normalized spacial score (nSPS) is 28.9. The summed E-state index contributed by atoms with van der Waals surface area (Å²) in [4.78, 5) is 23.3. The first kappa shape index (κ1) is 16.7. The fourth-order valence-electron chi connectivity index (χ4n) is 3.52. The van der Waals surface area contributed by atoms with Gasteiger partial charge in [0, 0.05) is 18.2 Å². The number of amides is 1. The van der Waals surface area contributed by atoms with E-state index in [0.717, 1.165) is 0 Å². The van der Waals surface area contributed by atoms with E-state index in [1.54, 1.807) is 0 Å². The Labute approximate surface area is 138 Å². The molecule has 1 aromatic rings. The van der Waals surface area contributed by atoms with Crippen molar-refractivity contribution in [3.63, 3.8) is 0 Å². The molecular weight excluding hydrogens is 317 g/mol. The number of nitrogens with one attached hydrogen (secondary N) is 1. The quantitative estimate of drug-likeness (QED) is 0.877. The van der Waals surface area contributed by atoms with Gasteiger partial charge in [0.1, 0.15) is 0 Å². The molecule has 1 saturated heterocycles. The van der Waals surface area contributed by atoms with Gasteiger partial charge in [0.25, 0.3) is 5.91 Å². The molecule has 6 nitrogen and oxygen atoms in total. The van der Waals surface area contributed by atoms with Crippen molar-refractivity contribution in [3.8, 4) is 5.75 Å². The maximum absolute atomic E-state index is 13.4. The van der Waals surface area contributed by atoms with E-state index in [9.17, 15) is 14.0 Å². The molecule has 1 aliphatic carbocycles. The first-order valence-electron chi connectivity index (χ1n) is 7.94. The minimum absolute atomic E-state index is 0.0226. The Morgan fingerprint density at radius 3 is 2.79 bits per heavy atom. The average molecular weight is 337 g/mol. The van der Waals surface area contributed by atoms with Gasteiger partial charge < -0.3 is 19.9 Å². The van der Waals surface area contributed by atoms with Gasteiger partial charge in [0.05, 0.1) is 18.6 Å². The molecule has 1 saturated carbocycles. The molecule has 1 atom stereocenters. The van der Waals surface area contributed by atoms with E-state index in [0.29, 0.717) is 37.9 Å². The fraction of sp³-hybridized carbons (Fsp3) is 0.529. The summed E-state index contributed by atoms with van der Waals surface area (Å²) >= 11 is 0. The third kappa shape index (κ3) is 3.21. The molecule has 3 rings (SSSR count). The molecule has 1 aromatic carbocycles. The lowest BCUT2D eigenvalue weighted by Crippen LogP contribution is -2.56. The Morgan fingerprint density at radius 1 is 1.38 bits per heavy atom. The predicted octanol–water partition coefficient (Wildman–Crippen LogP) is 1.98. The topological polar surface area (TPSA) is 84.9 Å². The van der Waals surface area contributed by atoms with E-state index < -0.39 is 17.4 Å². The van der Waals surface area contributed by atoms with Gasteiger partial charge >= 0.3 is 5.97 Å². The van der Waals surface area contributed by atoms with Crippen molar-refractivity contribution >= 4 is 11.9 Å². The summed E-state index contributed by atoms with van der Waals surface area (Å²) in [5, 5.41) is 11.9. The van der Waals surface area contributed by atoms with E-state index in [1.807, 2.05) is 0 Å². The number of hydrogen-bond acceptors (Lipinski definition) is 4. The molecule has 2 N–H and O–H groups in total. The molecule has 2 fully saturated rings. The molecule has 1 aliphatic heterocycles. The fourth-order valence-corrected chi connectivity index (χ4v) is 3.52. The highest BCUT2D eigenvalue weighted by Gasteiger charge is 2.51. The molecule has 2 aliphatic rings. The Kier molecular flexibility index (Phi) is 4.45. The largest absolute Gasteiger partial charge is 0.494 e. The number of methoxy groups -OCH3 is 1. The van der Waals surface area contributed by atoms with Crippen molar-refractivity contribution in [3.05, 3.63) is 29.6 Å². The minimum atomic E-state index is -0.797. The molecule has 1 unspecified atom stereocenters. The SMILES string of the molecule is COc1cc(C(=O)NC2CCOC3(C2)CC(C(=O)O)C3)ccc1F. The molecule has 0 radical (unpaired) electrons. The Bertz CT molecular complexity index is 656. The molecule has 0 bridgehead atoms. The van der Waals surface area contributed by atoms with Crippen LogP contribution in [0, 0.1) is 11.7 Å². The summed E-state index contributed by atoms with van der Waals surface area (Å²) in [5.74, 6) is -1.96. The lowest BCUT2D eigenvalue weighted by Gasteiger charge is -2.50. The minimum Gasteiger partial charge on any atom is -0.494 e. The molecule has 1 heterocycles. The molecule has 0 aromatic heterocycles. The van der Waals surface area contributed by atoms with Crippen molar-refractivity contribution in [2.75, 3.05) is 13.7 Å². The number of hydrogen-bond donors (Lipinski definition) is 2. The van der Waals surface area contributed by atoms with Crippen LogP contribution in [0.2, 0.25) is 0 Å². The number of carboxylic acid groups (broad SMARTS) is 1. The number of halogens is 1. The standard InChI is InChI=1S/C17H20FNO5/c1-23-14-6-10(2-3-13(14)18)15(20)19-12-4-5-24-17(9-12)7-11(8-17)16(21)22/h2-3,6,11-12H,4-5,7-9H2,1H3,(H,19,20)(H,21,22). The number of carbonyl (C=O) groups is 2. The second kappa shape index (κ2) is 6.39. The van der Waals surface area contributed by atoms with Crippen LogP contribution in [0.4, 0.5) is 4.39 Å². The molecule has 130 valence electrons. The summed E-state index contributed by atoms with van der Waals surface area (Å²) < 4.78 is 24.1. The first-order chi connectivity index (χ1) is 11.4. The number of carboxylic acids is 1. The lowest BCUT2D eigenvalue weighted by molar-refractivity contribution is -0.181. The van der Waals surface area contributed by atoms with Crippen LogP contribution < -0.4 is 10.1 Å². The van der Waals surface area contributed by atoms with Gasteiger partial charge in [0.15, 0.2) is 11.6 Å². The predicted molar refractivity (Wildman–Crippen MR) is 82.5 cm³/mol. The van der Waals surface area contributed by atoms with Crippen molar-refractivity contribution in [2.45, 2.75) is 37.3 Å². The van der Waals surface area contributed by atoms with Gasteiger partial charge in [-0.2, -0.15) is 0 Å². The van der Waals surface area contributed by atoms with Gasteiger partial charge in [-0.3, -0.25) is 9.59 Å². The van der Waals surface area contributed by atoms with Crippen LogP contribution in [-0.2, 0) is 9.53 Å². The van der Waals surface area contributed by atoms with Crippen LogP contribution in [0.25, 0.3) is 0 Å². The van der Waals surface area contributed by atoms with Gasteiger partial charge in [0.2, 0.25) is 0 Å². The number of carbonyl (C=O) groups excluding carboxylic acids is 1. The van der Waals surface area contributed by atoms with E-state index in [-0.39, 0.29) is 23.6 Å². The number of benzene rings is 1. The zero-order valence-electron chi connectivity index (χ0n) is 13.4. The van der Waals surface area contributed by atoms with E-state index >= 15 is 0 Å². The number of aliphatic carboxylic acids is 1. The third-order valence-corrected chi connectivity index (χ3v) is 4.83. The van der Waals surface area contributed by atoms with E-state index in [4.69, 9.17) is 14.6 Å². The van der Waals surface area contributed by atoms with Crippen molar-refractivity contribution in [1.82, 2.24) is 5.32 Å². The van der Waals surface area contributed by atoms with Crippen molar-refractivity contribution < 1.29 is 28.6 Å². The maximum atomic E-state index is 13.4. The summed E-state index contributed by atoms with van der Waals surface area (Å²) in [6.07, 6.45) is 2.24. The van der Waals surface area contributed by atoms with Crippen molar-refractivity contribution in [2.24, 2.45) is 5.92 Å². The van der Waals surface area contributed by atoms with Crippen LogP contribution in [0.3, 0.4) is 0 Å². The molecule has 24 heavy (non-hydrogen) atoms. The Morgan fingerprint density at radius 2 is 2.12 bits per heavy atom. The zero-order chi connectivity index (χ0) is 17.3. The summed E-state index contributed by atoms with van der Waals surface area (Å²) in [6.45, 7) is 0.490. The monoisotopic (exact) mass is 337 g/mol. The van der Waals surface area contributed by atoms with Gasteiger partial charge in [-0.1, -0.05) is 0 Å². The van der Waals surface area contributed by atoms with Crippen LogP contribution >= 0.6 is 0 Å². The highest BCUT2D eigenvalue weighted by molar-refractivity contribution is 5.94. The highest BCUT2D eigenvalue weighted by atomic mass is 19.1. The molecule has 7 heteroatoms. The van der Waals surface area contributed by atoms with Crippen LogP contribution in [0.5, 0.6) is 5.75 Å². The molecule has 1 amide bonds. The summed E-state index contributed by atoms with van der Waals surface area (Å²) in [7, 11) is 1.35. The van der Waals surface area contributed by atoms with Crippen LogP contribution in [-0.4, -0.2) is 42.3 Å². The highest BCUT2D eigenvalue weighted by Crippen LogP contribution is 2.46. The average Bonchev–Trinajstić information content (AvgIpc) is 2.53. The van der Waals surface area contributed by atoms with Gasteiger partial charge in [-0.25, -0.2) is 4.39 Å². The maximum Gasteiger partial charge on any atom is 0.306 e. The van der Waals surface area contributed by atoms with Crippen molar-refractivity contribution in [1.29, 1.82) is 0 Å². The zero-order valence-corrected chi connectivity index (χ0v) is 13.4. The second-order valence-electron chi connectivity index (χ2n) is 6.49.